The van der Waals surface area contributed by atoms with Crippen molar-refractivity contribution in [3.63, 3.8) is 0 Å². The predicted octanol–water partition coefficient (Wildman–Crippen LogP) is -0.199. The van der Waals surface area contributed by atoms with Crippen LogP contribution in [-0.4, -0.2) is 45.6 Å². The van der Waals surface area contributed by atoms with Crippen molar-refractivity contribution in [2.24, 2.45) is 0 Å². The molecule has 1 aromatic rings. The fourth-order valence-electron chi connectivity index (χ4n) is 1.57. The first-order valence-corrected chi connectivity index (χ1v) is 5.34. The zero-order valence-corrected chi connectivity index (χ0v) is 10.1. The third-order valence-electron chi connectivity index (χ3n) is 2.55. The number of benzene rings is 1. The van der Waals surface area contributed by atoms with Crippen LogP contribution in [0.4, 0.5) is 0 Å². The maximum atomic E-state index is 10.6. The summed E-state index contributed by atoms with van der Waals surface area (Å²) in [5, 5.41) is 36.2. The average Bonchev–Trinajstić information content (AvgIpc) is 2.36. The molecule has 0 aromatic heterocycles. The van der Waals surface area contributed by atoms with Crippen LogP contribution < -0.4 is 4.74 Å². The smallest absolute Gasteiger partial charge is 0.335 e. The van der Waals surface area contributed by atoms with Gasteiger partial charge in [0, 0.05) is 5.56 Å². The molecule has 7 heteroatoms. The van der Waals surface area contributed by atoms with Crippen LogP contribution in [0.2, 0.25) is 0 Å². The van der Waals surface area contributed by atoms with Gasteiger partial charge in [-0.3, -0.25) is 4.79 Å². The molecule has 0 amide bonds. The maximum Gasteiger partial charge on any atom is 0.335 e. The first-order valence-electron chi connectivity index (χ1n) is 5.34. The number of aliphatic hydroxyl groups is 2. The minimum atomic E-state index is -1.96. The van der Waals surface area contributed by atoms with Gasteiger partial charge >= 0.3 is 11.9 Å². The van der Waals surface area contributed by atoms with E-state index in [4.69, 9.17) is 14.9 Å². The number of carboxylic acids is 2. The lowest BCUT2D eigenvalue weighted by Crippen LogP contribution is -2.27. The van der Waals surface area contributed by atoms with Crippen molar-refractivity contribution < 1.29 is 34.8 Å². The summed E-state index contributed by atoms with van der Waals surface area (Å²) in [7, 11) is 1.32. The van der Waals surface area contributed by atoms with Crippen LogP contribution in [0.25, 0.3) is 0 Å². The minimum absolute atomic E-state index is 0.126. The highest BCUT2D eigenvalue weighted by Gasteiger charge is 2.25. The first kappa shape index (κ1) is 14.9. The molecular formula is C12H14O7. The van der Waals surface area contributed by atoms with Gasteiger partial charge in [-0.05, 0) is 11.6 Å². The Morgan fingerprint density at radius 1 is 1.26 bits per heavy atom. The third kappa shape index (κ3) is 3.67. The van der Waals surface area contributed by atoms with Gasteiger partial charge in [0.15, 0.2) is 6.10 Å². The molecule has 1 rings (SSSR count). The van der Waals surface area contributed by atoms with Crippen LogP contribution >= 0.6 is 0 Å². The summed E-state index contributed by atoms with van der Waals surface area (Å²) in [6.07, 6.45) is -3.85. The van der Waals surface area contributed by atoms with Gasteiger partial charge in [-0.15, -0.1) is 0 Å². The van der Waals surface area contributed by atoms with Crippen molar-refractivity contribution in [1.82, 2.24) is 0 Å². The lowest BCUT2D eigenvalue weighted by atomic mass is 10.0. The van der Waals surface area contributed by atoms with E-state index in [0.717, 1.165) is 0 Å². The summed E-state index contributed by atoms with van der Waals surface area (Å²) in [5.41, 5.74) is 0.511. The molecule has 4 N–H and O–H groups in total. The molecule has 0 spiro atoms. The van der Waals surface area contributed by atoms with E-state index in [1.807, 2.05) is 0 Å². The molecule has 0 fully saturated rings. The second-order valence-corrected chi connectivity index (χ2v) is 3.87. The van der Waals surface area contributed by atoms with Crippen LogP contribution in [0.15, 0.2) is 18.2 Å². The van der Waals surface area contributed by atoms with Gasteiger partial charge in [-0.2, -0.15) is 0 Å². The van der Waals surface area contributed by atoms with Crippen molar-refractivity contribution >= 4 is 11.9 Å². The van der Waals surface area contributed by atoms with Gasteiger partial charge in [-0.1, -0.05) is 12.1 Å². The Bertz CT molecular complexity index is 483. The number of carbonyl (C=O) groups is 2. The van der Waals surface area contributed by atoms with E-state index in [9.17, 15) is 19.8 Å². The molecule has 19 heavy (non-hydrogen) atoms. The Morgan fingerprint density at radius 3 is 2.37 bits per heavy atom. The standard InChI is InChI=1S/C12H14O7/c1-19-8-4-7(10(15)11(16)12(17)18)3-2-6(8)5-9(13)14/h2-4,10-11,15-16H,5H2,1H3,(H,13,14)(H,17,18). The number of aliphatic hydroxyl groups excluding tert-OH is 2. The molecule has 104 valence electrons. The molecular weight excluding hydrogens is 256 g/mol. The van der Waals surface area contributed by atoms with Gasteiger partial charge in [0.25, 0.3) is 0 Å². The van der Waals surface area contributed by atoms with Crippen molar-refractivity contribution in [3.8, 4) is 5.75 Å². The minimum Gasteiger partial charge on any atom is -0.496 e. The van der Waals surface area contributed by atoms with Crippen LogP contribution in [0.1, 0.15) is 17.2 Å². The van der Waals surface area contributed by atoms with Crippen molar-refractivity contribution in [1.29, 1.82) is 0 Å². The van der Waals surface area contributed by atoms with E-state index in [1.165, 1.54) is 25.3 Å². The van der Waals surface area contributed by atoms with Crippen LogP contribution in [0.3, 0.4) is 0 Å². The van der Waals surface area contributed by atoms with E-state index in [-0.39, 0.29) is 17.7 Å². The topological polar surface area (TPSA) is 124 Å². The van der Waals surface area contributed by atoms with Crippen molar-refractivity contribution in [3.05, 3.63) is 29.3 Å². The van der Waals surface area contributed by atoms with Gasteiger partial charge in [0.1, 0.15) is 11.9 Å². The van der Waals surface area contributed by atoms with E-state index in [1.54, 1.807) is 0 Å². The second kappa shape index (κ2) is 6.17. The van der Waals surface area contributed by atoms with E-state index >= 15 is 0 Å². The Hall–Kier alpha value is -2.12. The summed E-state index contributed by atoms with van der Waals surface area (Å²) in [6, 6.07) is 4.05. The second-order valence-electron chi connectivity index (χ2n) is 3.87. The predicted molar refractivity (Wildman–Crippen MR) is 62.9 cm³/mol. The molecule has 7 nitrogen and oxygen atoms in total. The summed E-state index contributed by atoms with van der Waals surface area (Å²) < 4.78 is 4.97. The van der Waals surface area contributed by atoms with Crippen molar-refractivity contribution in [2.75, 3.05) is 7.11 Å². The summed E-state index contributed by atoms with van der Waals surface area (Å²) >= 11 is 0. The molecule has 1 aromatic carbocycles. The fourth-order valence-corrected chi connectivity index (χ4v) is 1.57. The zero-order chi connectivity index (χ0) is 14.6. The molecule has 0 heterocycles. The van der Waals surface area contributed by atoms with Crippen LogP contribution in [0, 0.1) is 0 Å². The van der Waals surface area contributed by atoms with Crippen LogP contribution in [0.5, 0.6) is 5.75 Å². The molecule has 0 aliphatic rings. The Morgan fingerprint density at radius 2 is 1.89 bits per heavy atom. The lowest BCUT2D eigenvalue weighted by molar-refractivity contribution is -0.153. The van der Waals surface area contributed by atoms with Gasteiger partial charge in [0.05, 0.1) is 13.5 Å². The number of rotatable bonds is 6. The number of methoxy groups -OCH3 is 1. The Balaban J connectivity index is 3.05. The molecule has 0 bridgehead atoms. The van der Waals surface area contributed by atoms with Gasteiger partial charge in [0.2, 0.25) is 0 Å². The molecule has 2 unspecified atom stereocenters. The highest BCUT2D eigenvalue weighted by atomic mass is 16.5. The fraction of sp³-hybridized carbons (Fsp3) is 0.333. The Kier molecular flexibility index (Phi) is 4.85. The molecule has 0 aliphatic heterocycles. The molecule has 0 radical (unpaired) electrons. The lowest BCUT2D eigenvalue weighted by Gasteiger charge is -2.16. The first-order chi connectivity index (χ1) is 8.86. The Labute approximate surface area is 108 Å². The summed E-state index contributed by atoms with van der Waals surface area (Å²) in [6.45, 7) is 0. The monoisotopic (exact) mass is 270 g/mol. The number of carboxylic acid groups (broad SMARTS) is 2. The molecule has 0 saturated carbocycles. The average molecular weight is 270 g/mol. The molecule has 2 atom stereocenters. The van der Waals surface area contributed by atoms with Gasteiger partial charge < -0.3 is 25.2 Å². The van der Waals surface area contributed by atoms with Crippen molar-refractivity contribution in [2.45, 2.75) is 18.6 Å². The number of hydrogen-bond acceptors (Lipinski definition) is 5. The molecule has 0 saturated heterocycles. The highest BCUT2D eigenvalue weighted by Crippen LogP contribution is 2.26. The zero-order valence-electron chi connectivity index (χ0n) is 10.1. The largest absolute Gasteiger partial charge is 0.496 e. The van der Waals surface area contributed by atoms with E-state index < -0.39 is 24.1 Å². The number of ether oxygens (including phenoxy) is 1. The quantitative estimate of drug-likeness (QED) is 0.564. The van der Waals surface area contributed by atoms with Crippen LogP contribution in [-0.2, 0) is 16.0 Å². The SMILES string of the molecule is COc1cc(C(O)C(O)C(=O)O)ccc1CC(=O)O. The van der Waals surface area contributed by atoms with E-state index in [0.29, 0.717) is 5.56 Å². The number of aliphatic carboxylic acids is 2. The third-order valence-corrected chi connectivity index (χ3v) is 2.55. The molecule has 0 aliphatic carbocycles. The van der Waals surface area contributed by atoms with Gasteiger partial charge in [-0.25, -0.2) is 4.79 Å². The summed E-state index contributed by atoms with van der Waals surface area (Å²) in [5.74, 6) is -2.39. The highest BCUT2D eigenvalue weighted by molar-refractivity contribution is 5.73. The maximum absolute atomic E-state index is 10.6. The number of hydrogen-bond donors (Lipinski definition) is 4. The summed E-state index contributed by atoms with van der Waals surface area (Å²) in [4.78, 5) is 21.2. The van der Waals surface area contributed by atoms with E-state index in [2.05, 4.69) is 0 Å². The normalized spacial score (nSPS) is 13.6.